The number of aryl methyl sites for hydroxylation is 1. The Morgan fingerprint density at radius 1 is 1.09 bits per heavy atom. The van der Waals surface area contributed by atoms with Crippen molar-refractivity contribution in [3.63, 3.8) is 0 Å². The Balaban J connectivity index is 1.95. The number of aliphatic carboxylic acids is 1. The van der Waals surface area contributed by atoms with Crippen molar-refractivity contribution in [2.45, 2.75) is 94.6 Å². The largest absolute Gasteiger partial charge is 0.481 e. The molecule has 0 saturated carbocycles. The lowest BCUT2D eigenvalue weighted by Crippen LogP contribution is -2.33. The van der Waals surface area contributed by atoms with Gasteiger partial charge in [0.25, 0.3) is 0 Å². The van der Waals surface area contributed by atoms with Gasteiger partial charge in [-0.3, -0.25) is 4.79 Å². The third-order valence-electron chi connectivity index (χ3n) is 5.87. The van der Waals surface area contributed by atoms with Crippen molar-refractivity contribution in [3.05, 3.63) is 52.3 Å². The molecule has 0 bridgehead atoms. The molecule has 0 aliphatic carbocycles. The van der Waals surface area contributed by atoms with Crippen LogP contribution in [0.5, 0.6) is 0 Å². The lowest BCUT2D eigenvalue weighted by atomic mass is 9.76. The van der Waals surface area contributed by atoms with E-state index in [1.165, 1.54) is 41.7 Å². The van der Waals surface area contributed by atoms with E-state index >= 15 is 0 Å². The third-order valence-corrected chi connectivity index (χ3v) is 7.12. The molecule has 170 valence electrons. The van der Waals surface area contributed by atoms with Gasteiger partial charge in [0.1, 0.15) is 5.69 Å². The zero-order valence-corrected chi connectivity index (χ0v) is 20.7. The number of hydrogen-bond acceptors (Lipinski definition) is 4. The summed E-state index contributed by atoms with van der Waals surface area (Å²) < 4.78 is 0.219. The number of unbranched alkanes of at least 4 members (excludes halogenated alkanes) is 3. The lowest BCUT2D eigenvalue weighted by molar-refractivity contribution is -0.136. The summed E-state index contributed by atoms with van der Waals surface area (Å²) >= 11 is 1.99. The molecule has 1 aliphatic rings. The fourth-order valence-electron chi connectivity index (χ4n) is 4.60. The van der Waals surface area contributed by atoms with Crippen molar-refractivity contribution < 1.29 is 9.90 Å². The average Bonchev–Trinajstić information content (AvgIpc) is 2.69. The number of benzene rings is 1. The molecule has 0 fully saturated rings. The highest BCUT2D eigenvalue weighted by Crippen LogP contribution is 2.51. The summed E-state index contributed by atoms with van der Waals surface area (Å²) in [7, 11) is 0. The topological polar surface area (TPSA) is 63.1 Å². The van der Waals surface area contributed by atoms with E-state index in [9.17, 15) is 4.79 Å². The van der Waals surface area contributed by atoms with Crippen LogP contribution in [0.2, 0.25) is 0 Å². The standard InChI is InChI=1S/C27H34N2O2S/c1-6-7-8-9-10-19-16-24-23(26(2,3)18-27(4,5)32-24)15-20(19)11-12-21-13-14-22(29-28-21)17-25(30)31/h13-16H,6-10,17-18H2,1-5H3,(H,30,31). The van der Waals surface area contributed by atoms with Gasteiger partial charge in [0.05, 0.1) is 12.1 Å². The van der Waals surface area contributed by atoms with E-state index in [0.717, 1.165) is 18.4 Å². The Morgan fingerprint density at radius 2 is 1.88 bits per heavy atom. The monoisotopic (exact) mass is 450 g/mol. The van der Waals surface area contributed by atoms with E-state index in [1.54, 1.807) is 12.1 Å². The number of carboxylic acid groups (broad SMARTS) is 1. The minimum absolute atomic E-state index is 0.0968. The van der Waals surface area contributed by atoms with Crippen molar-refractivity contribution in [3.8, 4) is 11.8 Å². The second-order valence-electron chi connectivity index (χ2n) is 9.97. The maximum atomic E-state index is 10.8. The van der Waals surface area contributed by atoms with Gasteiger partial charge in [-0.2, -0.15) is 5.10 Å². The smallest absolute Gasteiger partial charge is 0.309 e. The van der Waals surface area contributed by atoms with E-state index < -0.39 is 5.97 Å². The number of rotatable bonds is 7. The van der Waals surface area contributed by atoms with Gasteiger partial charge in [0, 0.05) is 15.2 Å². The molecule has 1 aromatic heterocycles. The predicted molar refractivity (Wildman–Crippen MR) is 131 cm³/mol. The molecule has 1 aromatic carbocycles. The normalized spacial score (nSPS) is 16.0. The number of thioether (sulfide) groups is 1. The van der Waals surface area contributed by atoms with Gasteiger partial charge >= 0.3 is 5.97 Å². The first kappa shape index (κ1) is 24.3. The molecule has 1 N–H and O–H groups in total. The molecule has 2 aromatic rings. The number of nitrogens with zero attached hydrogens (tertiary/aromatic N) is 2. The quantitative estimate of drug-likeness (QED) is 0.403. The summed E-state index contributed by atoms with van der Waals surface area (Å²) in [6.45, 7) is 11.6. The molecule has 1 aliphatic heterocycles. The Hall–Kier alpha value is -2.32. The Bertz CT molecular complexity index is 1030. The van der Waals surface area contributed by atoms with Crippen LogP contribution < -0.4 is 0 Å². The molecule has 0 amide bonds. The second-order valence-corrected chi connectivity index (χ2v) is 11.7. The maximum absolute atomic E-state index is 10.8. The summed E-state index contributed by atoms with van der Waals surface area (Å²) in [5.41, 5.74) is 4.86. The van der Waals surface area contributed by atoms with Crippen LogP contribution in [-0.4, -0.2) is 26.0 Å². The fourth-order valence-corrected chi connectivity index (χ4v) is 6.28. The number of carbonyl (C=O) groups is 1. The molecule has 0 unspecified atom stereocenters. The number of aromatic nitrogens is 2. The van der Waals surface area contributed by atoms with Gasteiger partial charge in [-0.25, -0.2) is 0 Å². The van der Waals surface area contributed by atoms with Crippen LogP contribution in [0.4, 0.5) is 0 Å². The minimum atomic E-state index is -0.913. The van der Waals surface area contributed by atoms with Crippen LogP contribution in [0.3, 0.4) is 0 Å². The van der Waals surface area contributed by atoms with Crippen molar-refractivity contribution in [1.82, 2.24) is 10.2 Å². The molecule has 0 saturated heterocycles. The van der Waals surface area contributed by atoms with Gasteiger partial charge in [-0.15, -0.1) is 16.9 Å². The Morgan fingerprint density at radius 3 is 2.53 bits per heavy atom. The van der Waals surface area contributed by atoms with Gasteiger partial charge in [-0.05, 0) is 66.0 Å². The van der Waals surface area contributed by atoms with E-state index in [2.05, 4.69) is 68.8 Å². The van der Waals surface area contributed by atoms with Gasteiger partial charge in [-0.1, -0.05) is 59.8 Å². The molecule has 2 heterocycles. The number of carboxylic acids is 1. The highest BCUT2D eigenvalue weighted by atomic mass is 32.2. The second kappa shape index (κ2) is 10.1. The molecular formula is C27H34N2O2S. The maximum Gasteiger partial charge on any atom is 0.309 e. The van der Waals surface area contributed by atoms with E-state index in [0.29, 0.717) is 11.4 Å². The summed E-state index contributed by atoms with van der Waals surface area (Å²) in [5.74, 6) is 5.60. The molecule has 32 heavy (non-hydrogen) atoms. The molecule has 0 atom stereocenters. The molecular weight excluding hydrogens is 416 g/mol. The Labute approximate surface area is 196 Å². The Kier molecular flexibility index (Phi) is 7.67. The van der Waals surface area contributed by atoms with Crippen molar-refractivity contribution in [2.75, 3.05) is 0 Å². The van der Waals surface area contributed by atoms with Gasteiger partial charge in [0.15, 0.2) is 0 Å². The first-order chi connectivity index (χ1) is 15.1. The van der Waals surface area contributed by atoms with E-state index in [-0.39, 0.29) is 16.6 Å². The predicted octanol–water partition coefficient (Wildman–Crippen LogP) is 6.18. The van der Waals surface area contributed by atoms with Crippen LogP contribution in [0.1, 0.15) is 94.8 Å². The highest BCUT2D eigenvalue weighted by Gasteiger charge is 2.38. The van der Waals surface area contributed by atoms with Crippen LogP contribution in [0.15, 0.2) is 29.2 Å². The SMILES string of the molecule is CCCCCCc1cc2c(cc1C#Cc1ccc(CC(=O)O)nn1)C(C)(C)CC(C)(C)S2. The van der Waals surface area contributed by atoms with Gasteiger partial charge < -0.3 is 5.11 Å². The van der Waals surface area contributed by atoms with E-state index in [1.807, 2.05) is 11.8 Å². The molecule has 5 heteroatoms. The van der Waals surface area contributed by atoms with Crippen LogP contribution in [0, 0.1) is 11.8 Å². The molecule has 0 spiro atoms. The van der Waals surface area contributed by atoms with E-state index in [4.69, 9.17) is 5.11 Å². The van der Waals surface area contributed by atoms with Crippen molar-refractivity contribution >= 4 is 17.7 Å². The van der Waals surface area contributed by atoms with Gasteiger partial charge in [0.2, 0.25) is 0 Å². The summed E-state index contributed by atoms with van der Waals surface area (Å²) in [6.07, 6.45) is 6.92. The highest BCUT2D eigenvalue weighted by molar-refractivity contribution is 8.00. The first-order valence-electron chi connectivity index (χ1n) is 11.5. The molecule has 0 radical (unpaired) electrons. The van der Waals surface area contributed by atoms with Crippen molar-refractivity contribution in [2.24, 2.45) is 0 Å². The van der Waals surface area contributed by atoms with Crippen LogP contribution in [-0.2, 0) is 23.1 Å². The number of hydrogen-bond donors (Lipinski definition) is 1. The minimum Gasteiger partial charge on any atom is -0.481 e. The molecule has 3 rings (SSSR count). The zero-order chi connectivity index (χ0) is 23.4. The lowest BCUT2D eigenvalue weighted by Gasteiger charge is -2.42. The molecule has 4 nitrogen and oxygen atoms in total. The summed E-state index contributed by atoms with van der Waals surface area (Å²) in [5, 5.41) is 17.0. The van der Waals surface area contributed by atoms with Crippen molar-refractivity contribution in [1.29, 1.82) is 0 Å². The average molecular weight is 451 g/mol. The number of fused-ring (bicyclic) bond motifs is 1. The third kappa shape index (κ3) is 6.36. The summed E-state index contributed by atoms with van der Waals surface area (Å²) in [4.78, 5) is 12.2. The van der Waals surface area contributed by atoms with Crippen LogP contribution >= 0.6 is 11.8 Å². The first-order valence-corrected chi connectivity index (χ1v) is 12.3. The summed E-state index contributed by atoms with van der Waals surface area (Å²) in [6, 6.07) is 8.11. The zero-order valence-electron chi connectivity index (χ0n) is 19.9. The van der Waals surface area contributed by atoms with Crippen LogP contribution in [0.25, 0.3) is 0 Å². The fraction of sp³-hybridized carbons (Fsp3) is 0.519.